The molecule has 1 N–H and O–H groups in total. The van der Waals surface area contributed by atoms with Crippen molar-refractivity contribution in [2.24, 2.45) is 0 Å². The van der Waals surface area contributed by atoms with Crippen molar-refractivity contribution in [3.63, 3.8) is 0 Å². The Morgan fingerprint density at radius 3 is 2.33 bits per heavy atom. The van der Waals surface area contributed by atoms with Crippen molar-refractivity contribution in [1.29, 1.82) is 0 Å². The number of hydrogen-bond donors (Lipinski definition) is 2. The maximum absolute atomic E-state index is 11.4. The van der Waals surface area contributed by atoms with Gasteiger partial charge < -0.3 is 14.4 Å². The van der Waals surface area contributed by atoms with Gasteiger partial charge in [0.2, 0.25) is 0 Å². The number of benzene rings is 3. The Bertz CT molecular complexity index is 1620. The van der Waals surface area contributed by atoms with Crippen LogP contribution >= 0.6 is 34.8 Å². The molecule has 2 aliphatic rings. The maximum atomic E-state index is 11.4. The largest absolute Gasteiger partial charge is 0.489 e. The Morgan fingerprint density at radius 1 is 0.975 bits per heavy atom. The summed E-state index contributed by atoms with van der Waals surface area (Å²) >= 11 is 25.4. The topological polar surface area (TPSA) is 55.5 Å². The first-order valence-electron chi connectivity index (χ1n) is 13.3. The summed E-state index contributed by atoms with van der Waals surface area (Å²) in [5.74, 6) is 2.00. The third-order valence-electron chi connectivity index (χ3n) is 7.92. The number of aliphatic hydroxyl groups is 1. The fourth-order valence-corrected chi connectivity index (χ4v) is 7.66. The predicted octanol–water partition coefficient (Wildman–Crippen LogP) is 8.49. The van der Waals surface area contributed by atoms with E-state index in [9.17, 15) is 5.11 Å². The highest BCUT2D eigenvalue weighted by Gasteiger charge is 2.45. The summed E-state index contributed by atoms with van der Waals surface area (Å²) in [6.07, 6.45) is 7.61. The maximum Gasteiger partial charge on any atom is 0.147 e. The van der Waals surface area contributed by atoms with Crippen LogP contribution in [0.15, 0.2) is 70.1 Å². The summed E-state index contributed by atoms with van der Waals surface area (Å²) in [5.41, 5.74) is 3.05. The molecule has 4 nitrogen and oxygen atoms in total. The van der Waals surface area contributed by atoms with E-state index in [1.807, 2.05) is 12.1 Å². The predicted molar refractivity (Wildman–Crippen MR) is 168 cm³/mol. The molecule has 0 spiro atoms. The highest BCUT2D eigenvalue weighted by Crippen LogP contribution is 2.53. The Kier molecular flexibility index (Phi) is 7.56. The zero-order valence-corrected chi connectivity index (χ0v) is 26.1. The molecule has 6 rings (SSSR count). The van der Waals surface area contributed by atoms with Gasteiger partial charge in [0, 0.05) is 17.0 Å². The van der Waals surface area contributed by atoms with Crippen LogP contribution in [0.1, 0.15) is 60.0 Å². The molecule has 0 saturated heterocycles. The number of halogens is 3. The van der Waals surface area contributed by atoms with Crippen molar-refractivity contribution in [3.8, 4) is 17.0 Å². The minimum Gasteiger partial charge on any atom is -0.489 e. The van der Waals surface area contributed by atoms with Crippen molar-refractivity contribution in [2.75, 3.05) is 12.5 Å². The highest BCUT2D eigenvalue weighted by molar-refractivity contribution is 8.39. The molecule has 0 aliphatic heterocycles. The van der Waals surface area contributed by atoms with E-state index in [1.165, 1.54) is 10.5 Å². The van der Waals surface area contributed by atoms with Gasteiger partial charge in [0.1, 0.15) is 23.8 Å². The summed E-state index contributed by atoms with van der Waals surface area (Å²) in [6.45, 7) is 0.229. The minimum absolute atomic E-state index is 0.229. The molecule has 0 radical (unpaired) electrons. The zero-order chi connectivity index (χ0) is 28.2. The van der Waals surface area contributed by atoms with E-state index in [2.05, 4.69) is 41.9 Å². The van der Waals surface area contributed by atoms with Gasteiger partial charge in [-0.15, -0.1) is 0 Å². The lowest BCUT2D eigenvalue weighted by Gasteiger charge is -2.45. The van der Waals surface area contributed by atoms with E-state index in [4.69, 9.17) is 55.3 Å². The zero-order valence-electron chi connectivity index (χ0n) is 22.2. The van der Waals surface area contributed by atoms with Crippen LogP contribution in [-0.2, 0) is 32.0 Å². The lowest BCUT2D eigenvalue weighted by Crippen LogP contribution is -2.40. The summed E-state index contributed by atoms with van der Waals surface area (Å²) in [7, 11) is -1.52. The van der Waals surface area contributed by atoms with Gasteiger partial charge in [0.25, 0.3) is 0 Å². The number of nitrogens with zero attached hydrogens (tertiary/aromatic N) is 1. The monoisotopic (exact) mass is 633 g/mol. The van der Waals surface area contributed by atoms with Crippen LogP contribution in [0.4, 0.5) is 0 Å². The van der Waals surface area contributed by atoms with E-state index in [0.29, 0.717) is 50.8 Å². The molecule has 0 bridgehead atoms. The molecular weight excluding hydrogens is 605 g/mol. The van der Waals surface area contributed by atoms with Gasteiger partial charge in [-0.05, 0) is 91.0 Å². The van der Waals surface area contributed by atoms with Crippen molar-refractivity contribution in [2.45, 2.75) is 54.6 Å². The molecule has 3 aromatic carbocycles. The summed E-state index contributed by atoms with van der Waals surface area (Å²) < 4.78 is 11.9. The second-order valence-electron chi connectivity index (χ2n) is 11.3. The average molecular weight is 635 g/mol. The van der Waals surface area contributed by atoms with E-state index >= 15 is 0 Å². The first-order chi connectivity index (χ1) is 19.0. The van der Waals surface area contributed by atoms with E-state index in [-0.39, 0.29) is 12.5 Å². The third kappa shape index (κ3) is 5.47. The van der Waals surface area contributed by atoms with Gasteiger partial charge in [-0.2, -0.15) is 8.59 Å². The molecular formula is C31H30Cl3NO3S2. The number of ether oxygens (including phenoxy) is 1. The third-order valence-corrected chi connectivity index (χ3v) is 11.0. The quantitative estimate of drug-likeness (QED) is 0.190. The van der Waals surface area contributed by atoms with Crippen LogP contribution in [0.3, 0.4) is 0 Å². The van der Waals surface area contributed by atoms with Crippen LogP contribution in [0.2, 0.25) is 15.1 Å². The first-order valence-corrected chi connectivity index (χ1v) is 18.1. The normalized spacial score (nSPS) is 21.2. The standard InChI is InChI=1S/C31H30Cl3NO3S2/c1-40(2,39)22-6-3-5-19(13-22)20-15-31(36,16-20)24-12-11-21(14-27(24)34)37-17-23-29(35-38-30(23)18-9-10-18)28-25(32)7-4-8-26(28)33/h3-8,11-14,18,20,36,40H,9-10,15-17H2,1-2H3/t20-,31-. The molecule has 4 aromatic rings. The van der Waals surface area contributed by atoms with E-state index < -0.39 is 14.2 Å². The van der Waals surface area contributed by atoms with Gasteiger partial charge >= 0.3 is 0 Å². The second-order valence-corrected chi connectivity index (χ2v) is 18.4. The van der Waals surface area contributed by atoms with Crippen molar-refractivity contribution in [3.05, 3.63) is 98.2 Å². The minimum atomic E-state index is -1.52. The van der Waals surface area contributed by atoms with Gasteiger partial charge in [-0.25, -0.2) is 0 Å². The summed E-state index contributed by atoms with van der Waals surface area (Å²) in [6, 6.07) is 19.4. The molecule has 0 atom stereocenters. The van der Waals surface area contributed by atoms with Crippen LogP contribution in [0.25, 0.3) is 11.3 Å². The summed E-state index contributed by atoms with van der Waals surface area (Å²) in [4.78, 5) is 1.23. The highest BCUT2D eigenvalue weighted by atomic mass is 35.5. The number of aromatic nitrogens is 1. The Labute approximate surface area is 255 Å². The lowest BCUT2D eigenvalue weighted by atomic mass is 9.65. The van der Waals surface area contributed by atoms with Crippen LogP contribution in [0, 0.1) is 0 Å². The molecule has 1 aromatic heterocycles. The smallest absolute Gasteiger partial charge is 0.147 e. The average Bonchev–Trinajstić information content (AvgIpc) is 3.65. The van der Waals surface area contributed by atoms with Gasteiger partial charge in [0.05, 0.1) is 26.2 Å². The second kappa shape index (κ2) is 10.7. The van der Waals surface area contributed by atoms with Crippen molar-refractivity contribution in [1.82, 2.24) is 5.16 Å². The summed E-state index contributed by atoms with van der Waals surface area (Å²) in [5, 5.41) is 17.2. The Morgan fingerprint density at radius 2 is 1.68 bits per heavy atom. The molecule has 210 valence electrons. The SMILES string of the molecule is C[SH](C)(=S)c1cccc([C@H]2C[C@@](O)(c3ccc(OCc4c(-c5c(Cl)cccc5Cl)noc4C4CC4)cc3Cl)C2)c1. The number of thiol groups is 1. The fourth-order valence-electron chi connectivity index (χ4n) is 5.49. The van der Waals surface area contributed by atoms with Crippen LogP contribution < -0.4 is 4.74 Å². The van der Waals surface area contributed by atoms with Crippen molar-refractivity contribution < 1.29 is 14.4 Å². The molecule has 9 heteroatoms. The van der Waals surface area contributed by atoms with Gasteiger partial charge in [-0.3, -0.25) is 0 Å². The Balaban J connectivity index is 1.19. The van der Waals surface area contributed by atoms with Crippen molar-refractivity contribution >= 4 is 54.6 Å². The molecule has 1 heterocycles. The van der Waals surface area contributed by atoms with E-state index in [1.54, 1.807) is 24.3 Å². The van der Waals surface area contributed by atoms with Crippen LogP contribution in [-0.4, -0.2) is 22.8 Å². The first kappa shape index (κ1) is 28.2. The lowest BCUT2D eigenvalue weighted by molar-refractivity contribution is -0.0549. The van der Waals surface area contributed by atoms with Gasteiger partial charge in [-0.1, -0.05) is 75.4 Å². The van der Waals surface area contributed by atoms with E-state index in [0.717, 1.165) is 29.7 Å². The molecule has 0 unspecified atom stereocenters. The molecule has 2 fully saturated rings. The fraction of sp³-hybridized carbons (Fsp3) is 0.323. The number of hydrogen-bond acceptors (Lipinski definition) is 5. The van der Waals surface area contributed by atoms with Crippen LogP contribution in [0.5, 0.6) is 5.75 Å². The molecule has 2 saturated carbocycles. The number of rotatable bonds is 8. The van der Waals surface area contributed by atoms with Gasteiger partial charge in [0.15, 0.2) is 0 Å². The molecule has 40 heavy (non-hydrogen) atoms. The Hall–Kier alpha value is -1.93. The molecule has 0 amide bonds. The molecule has 2 aliphatic carbocycles.